The minimum absolute atomic E-state index is 0.197. The van der Waals surface area contributed by atoms with Crippen LogP contribution in [0.1, 0.15) is 5.69 Å². The van der Waals surface area contributed by atoms with Crippen LogP contribution in [0.15, 0.2) is 21.5 Å². The molecular weight excluding hydrogens is 357 g/mol. The number of halogens is 3. The molecule has 2 rings (SSSR count). The zero-order valence-electron chi connectivity index (χ0n) is 9.71. The third-order valence-electron chi connectivity index (χ3n) is 2.24. The zero-order valence-corrected chi connectivity index (χ0v) is 12.8. The van der Waals surface area contributed by atoms with Gasteiger partial charge in [-0.15, -0.1) is 0 Å². The fraction of sp³-hybridized carbons (Fsp3) is 0.182. The number of H-pyrrole nitrogens is 1. The molecule has 0 amide bonds. The molecule has 5 nitrogen and oxygen atoms in total. The number of pyridine rings is 1. The Balaban J connectivity index is 2.59. The van der Waals surface area contributed by atoms with Gasteiger partial charge in [0.05, 0.1) is 22.3 Å². The summed E-state index contributed by atoms with van der Waals surface area (Å²) in [5.74, 6) is 0.266. The van der Waals surface area contributed by atoms with Gasteiger partial charge in [-0.1, -0.05) is 23.2 Å². The summed E-state index contributed by atoms with van der Waals surface area (Å²) in [5, 5.41) is 0.715. The predicted octanol–water partition coefficient (Wildman–Crippen LogP) is 3.05. The fourth-order valence-electron chi connectivity index (χ4n) is 1.44. The third kappa shape index (κ3) is 3.14. The van der Waals surface area contributed by atoms with Crippen LogP contribution in [-0.4, -0.2) is 22.1 Å². The largest absolute Gasteiger partial charge is 0.378 e. The van der Waals surface area contributed by atoms with Crippen molar-refractivity contribution in [1.82, 2.24) is 15.0 Å². The first-order valence-corrected chi connectivity index (χ1v) is 6.67. The maximum absolute atomic E-state index is 11.8. The van der Waals surface area contributed by atoms with E-state index >= 15 is 0 Å². The Hall–Kier alpha value is -0.950. The van der Waals surface area contributed by atoms with Crippen molar-refractivity contribution in [3.05, 3.63) is 42.8 Å². The highest BCUT2D eigenvalue weighted by Gasteiger charge is 2.13. The van der Waals surface area contributed by atoms with Crippen molar-refractivity contribution in [2.45, 2.75) is 6.61 Å². The summed E-state index contributed by atoms with van der Waals surface area (Å²) in [6.45, 7) is 0.197. The molecule has 2 aromatic rings. The highest BCUT2D eigenvalue weighted by molar-refractivity contribution is 9.10. The summed E-state index contributed by atoms with van der Waals surface area (Å²) >= 11 is 15.0. The lowest BCUT2D eigenvalue weighted by Gasteiger charge is -2.07. The van der Waals surface area contributed by atoms with E-state index in [9.17, 15) is 4.79 Å². The van der Waals surface area contributed by atoms with Crippen molar-refractivity contribution in [3.63, 3.8) is 0 Å². The number of methoxy groups -OCH3 is 1. The Labute approximate surface area is 127 Å². The molecule has 0 saturated heterocycles. The Kier molecular flexibility index (Phi) is 4.57. The average molecular weight is 365 g/mol. The van der Waals surface area contributed by atoms with E-state index in [1.54, 1.807) is 0 Å². The zero-order chi connectivity index (χ0) is 14.0. The number of nitrogens with one attached hydrogen (secondary N) is 1. The van der Waals surface area contributed by atoms with Crippen LogP contribution in [0.5, 0.6) is 0 Å². The summed E-state index contributed by atoms with van der Waals surface area (Å²) in [6, 6.07) is 1.53. The summed E-state index contributed by atoms with van der Waals surface area (Å²) in [6.07, 6.45) is 1.43. The van der Waals surface area contributed by atoms with Gasteiger partial charge in [0.15, 0.2) is 5.82 Å². The maximum atomic E-state index is 11.8. The van der Waals surface area contributed by atoms with Crippen LogP contribution in [0, 0.1) is 0 Å². The second-order valence-corrected chi connectivity index (χ2v) is 5.23. The van der Waals surface area contributed by atoms with Gasteiger partial charge in [0, 0.05) is 13.3 Å². The van der Waals surface area contributed by atoms with Crippen molar-refractivity contribution in [1.29, 1.82) is 0 Å². The molecule has 2 heterocycles. The lowest BCUT2D eigenvalue weighted by Crippen LogP contribution is -2.14. The lowest BCUT2D eigenvalue weighted by molar-refractivity contribution is 0.180. The van der Waals surface area contributed by atoms with Crippen LogP contribution in [0.4, 0.5) is 0 Å². The molecular formula is C11H8BrCl2N3O2. The molecule has 19 heavy (non-hydrogen) atoms. The molecule has 0 unspecified atom stereocenters. The second-order valence-electron chi connectivity index (χ2n) is 3.59. The van der Waals surface area contributed by atoms with E-state index < -0.39 is 0 Å². The van der Waals surface area contributed by atoms with Crippen molar-refractivity contribution in [3.8, 4) is 11.5 Å². The Morgan fingerprint density at radius 3 is 2.84 bits per heavy atom. The first-order valence-electron chi connectivity index (χ1n) is 5.12. The third-order valence-corrected chi connectivity index (χ3v) is 3.56. The van der Waals surface area contributed by atoms with E-state index in [0.717, 1.165) is 0 Å². The van der Waals surface area contributed by atoms with Crippen molar-refractivity contribution >= 4 is 39.1 Å². The van der Waals surface area contributed by atoms with Crippen molar-refractivity contribution in [2.24, 2.45) is 0 Å². The molecule has 100 valence electrons. The number of hydrogen-bond donors (Lipinski definition) is 1. The van der Waals surface area contributed by atoms with E-state index in [1.807, 2.05) is 0 Å². The predicted molar refractivity (Wildman–Crippen MR) is 76.5 cm³/mol. The molecule has 0 aliphatic carbocycles. The first-order chi connectivity index (χ1) is 9.02. The number of hydrogen-bond acceptors (Lipinski definition) is 4. The van der Waals surface area contributed by atoms with Crippen LogP contribution in [-0.2, 0) is 11.3 Å². The van der Waals surface area contributed by atoms with Gasteiger partial charge in [0.2, 0.25) is 0 Å². The standard InChI is InChI=1S/C11H8BrCl2N3O2/c1-19-4-7-8(12)11(18)17-10(16-7)9-6(14)2-5(13)3-15-9/h2-3H,4H2,1H3,(H,16,17,18). The molecule has 0 bridgehead atoms. The van der Waals surface area contributed by atoms with E-state index in [0.29, 0.717) is 25.9 Å². The quantitative estimate of drug-likeness (QED) is 0.908. The van der Waals surface area contributed by atoms with E-state index in [-0.39, 0.29) is 18.0 Å². The number of nitrogens with zero attached hydrogens (tertiary/aromatic N) is 2. The molecule has 0 radical (unpaired) electrons. The number of rotatable bonds is 3. The monoisotopic (exact) mass is 363 g/mol. The molecule has 0 aromatic carbocycles. The number of ether oxygens (including phenoxy) is 1. The highest BCUT2D eigenvalue weighted by Crippen LogP contribution is 2.25. The van der Waals surface area contributed by atoms with Crippen LogP contribution in [0.3, 0.4) is 0 Å². The summed E-state index contributed by atoms with van der Waals surface area (Å²) < 4.78 is 5.31. The Morgan fingerprint density at radius 2 is 2.21 bits per heavy atom. The fourth-order valence-corrected chi connectivity index (χ4v) is 2.21. The van der Waals surface area contributed by atoms with Crippen LogP contribution in [0.25, 0.3) is 11.5 Å². The van der Waals surface area contributed by atoms with Gasteiger partial charge < -0.3 is 9.72 Å². The molecule has 0 spiro atoms. The molecule has 0 fully saturated rings. The van der Waals surface area contributed by atoms with E-state index in [1.165, 1.54) is 19.4 Å². The van der Waals surface area contributed by atoms with Crippen LogP contribution >= 0.6 is 39.1 Å². The van der Waals surface area contributed by atoms with Gasteiger partial charge in [0.1, 0.15) is 10.2 Å². The average Bonchev–Trinajstić information content (AvgIpc) is 2.35. The van der Waals surface area contributed by atoms with E-state index in [4.69, 9.17) is 27.9 Å². The molecule has 0 aliphatic rings. The molecule has 0 aliphatic heterocycles. The molecule has 0 atom stereocenters. The van der Waals surface area contributed by atoms with Crippen molar-refractivity contribution in [2.75, 3.05) is 7.11 Å². The first kappa shape index (κ1) is 14.5. The molecule has 1 N–H and O–H groups in total. The van der Waals surface area contributed by atoms with Gasteiger partial charge >= 0.3 is 0 Å². The normalized spacial score (nSPS) is 10.7. The smallest absolute Gasteiger partial charge is 0.265 e. The van der Waals surface area contributed by atoms with Gasteiger partial charge in [0.25, 0.3) is 5.56 Å². The van der Waals surface area contributed by atoms with Gasteiger partial charge in [-0.3, -0.25) is 4.79 Å². The topological polar surface area (TPSA) is 67.9 Å². The van der Waals surface area contributed by atoms with Gasteiger partial charge in [-0.25, -0.2) is 9.97 Å². The molecule has 2 aromatic heterocycles. The SMILES string of the molecule is COCc1nc(-c2ncc(Cl)cc2Cl)[nH]c(=O)c1Br. The Bertz CT molecular complexity index is 675. The summed E-state index contributed by atoms with van der Waals surface area (Å²) in [7, 11) is 1.52. The second kappa shape index (κ2) is 6.00. The molecule has 8 heteroatoms. The number of aromatic amines is 1. The summed E-state index contributed by atoms with van der Waals surface area (Å²) in [5.41, 5.74) is 0.493. The maximum Gasteiger partial charge on any atom is 0.265 e. The van der Waals surface area contributed by atoms with Gasteiger partial charge in [-0.05, 0) is 22.0 Å². The van der Waals surface area contributed by atoms with Crippen LogP contribution in [0.2, 0.25) is 10.0 Å². The molecule has 0 saturated carbocycles. The minimum Gasteiger partial charge on any atom is -0.378 e. The Morgan fingerprint density at radius 1 is 1.47 bits per heavy atom. The van der Waals surface area contributed by atoms with E-state index in [2.05, 4.69) is 30.9 Å². The lowest BCUT2D eigenvalue weighted by atomic mass is 10.3. The van der Waals surface area contributed by atoms with Crippen molar-refractivity contribution < 1.29 is 4.74 Å². The van der Waals surface area contributed by atoms with Crippen LogP contribution < -0.4 is 5.56 Å². The highest BCUT2D eigenvalue weighted by atomic mass is 79.9. The summed E-state index contributed by atoms with van der Waals surface area (Å²) in [4.78, 5) is 22.7. The van der Waals surface area contributed by atoms with Gasteiger partial charge in [-0.2, -0.15) is 0 Å². The minimum atomic E-state index is -0.329. The number of aromatic nitrogens is 3.